The van der Waals surface area contributed by atoms with Gasteiger partial charge >= 0.3 is 0 Å². The Morgan fingerprint density at radius 1 is 1.31 bits per heavy atom. The minimum absolute atomic E-state index is 0.483. The monoisotopic (exact) mass is 199 g/mol. The van der Waals surface area contributed by atoms with Gasteiger partial charge in [-0.2, -0.15) is 0 Å². The molecule has 5 heteroatoms. The van der Waals surface area contributed by atoms with E-state index in [1.807, 2.05) is 0 Å². The third-order valence-electron chi connectivity index (χ3n) is 1.95. The van der Waals surface area contributed by atoms with E-state index in [-0.39, 0.29) is 0 Å². The summed E-state index contributed by atoms with van der Waals surface area (Å²) in [5.41, 5.74) is 0. The molecule has 1 fully saturated rings. The van der Waals surface area contributed by atoms with Crippen LogP contribution < -0.4 is 4.90 Å². The van der Waals surface area contributed by atoms with Gasteiger partial charge in [0.05, 0.1) is 13.2 Å². The van der Waals surface area contributed by atoms with Gasteiger partial charge in [0, 0.05) is 19.2 Å². The zero-order chi connectivity index (χ0) is 9.10. The van der Waals surface area contributed by atoms with Crippen LogP contribution in [0.15, 0.2) is 12.4 Å². The van der Waals surface area contributed by atoms with Crippen molar-refractivity contribution in [1.82, 2.24) is 9.97 Å². The topological polar surface area (TPSA) is 38.2 Å². The Bertz CT molecular complexity index is 288. The van der Waals surface area contributed by atoms with Crippen LogP contribution in [0.4, 0.5) is 5.82 Å². The molecule has 1 saturated heterocycles. The Morgan fingerprint density at radius 3 is 2.77 bits per heavy atom. The first-order chi connectivity index (χ1) is 6.36. The van der Waals surface area contributed by atoms with Crippen molar-refractivity contribution in [2.24, 2.45) is 0 Å². The predicted octanol–water partition coefficient (Wildman–Crippen LogP) is 0.967. The van der Waals surface area contributed by atoms with Crippen molar-refractivity contribution in [2.45, 2.75) is 0 Å². The van der Waals surface area contributed by atoms with E-state index in [0.29, 0.717) is 5.15 Å². The number of ether oxygens (including phenoxy) is 1. The number of morpholine rings is 1. The molecule has 2 heterocycles. The average molecular weight is 200 g/mol. The van der Waals surface area contributed by atoms with E-state index in [2.05, 4.69) is 14.9 Å². The Hall–Kier alpha value is -0.870. The second-order valence-corrected chi connectivity index (χ2v) is 3.19. The van der Waals surface area contributed by atoms with E-state index in [0.717, 1.165) is 32.1 Å². The van der Waals surface area contributed by atoms with Crippen LogP contribution in [-0.4, -0.2) is 36.3 Å². The quantitative estimate of drug-likeness (QED) is 0.632. The first-order valence-electron chi connectivity index (χ1n) is 4.16. The Kier molecular flexibility index (Phi) is 2.61. The zero-order valence-electron chi connectivity index (χ0n) is 7.11. The molecule has 0 N–H and O–H groups in total. The molecule has 13 heavy (non-hydrogen) atoms. The summed E-state index contributed by atoms with van der Waals surface area (Å²) < 4.78 is 5.23. The van der Waals surface area contributed by atoms with E-state index in [4.69, 9.17) is 16.3 Å². The third kappa shape index (κ3) is 2.08. The van der Waals surface area contributed by atoms with Crippen molar-refractivity contribution in [3.05, 3.63) is 17.5 Å². The minimum Gasteiger partial charge on any atom is -0.378 e. The summed E-state index contributed by atoms with van der Waals surface area (Å²) in [6.45, 7) is 3.24. The maximum Gasteiger partial charge on any atom is 0.134 e. The van der Waals surface area contributed by atoms with E-state index < -0.39 is 0 Å². The van der Waals surface area contributed by atoms with Crippen LogP contribution >= 0.6 is 11.6 Å². The van der Waals surface area contributed by atoms with Crippen molar-refractivity contribution in [3.8, 4) is 0 Å². The maximum atomic E-state index is 5.76. The largest absolute Gasteiger partial charge is 0.378 e. The SMILES string of the molecule is Clc1cc(N2CCOCC2)ncn1. The molecule has 1 aromatic heterocycles. The van der Waals surface area contributed by atoms with Gasteiger partial charge in [-0.25, -0.2) is 9.97 Å². The summed E-state index contributed by atoms with van der Waals surface area (Å²) in [5, 5.41) is 0.483. The van der Waals surface area contributed by atoms with E-state index >= 15 is 0 Å². The lowest BCUT2D eigenvalue weighted by molar-refractivity contribution is 0.122. The second kappa shape index (κ2) is 3.89. The van der Waals surface area contributed by atoms with Crippen LogP contribution in [0, 0.1) is 0 Å². The average Bonchev–Trinajstić information content (AvgIpc) is 2.19. The molecular formula is C8H10ClN3O. The van der Waals surface area contributed by atoms with E-state index in [1.165, 1.54) is 6.33 Å². The number of rotatable bonds is 1. The van der Waals surface area contributed by atoms with Crippen molar-refractivity contribution < 1.29 is 4.74 Å². The molecule has 0 bridgehead atoms. The van der Waals surface area contributed by atoms with Gasteiger partial charge in [0.1, 0.15) is 17.3 Å². The number of anilines is 1. The minimum atomic E-state index is 0.483. The lowest BCUT2D eigenvalue weighted by Crippen LogP contribution is -2.36. The van der Waals surface area contributed by atoms with Crippen LogP contribution in [0.25, 0.3) is 0 Å². The first kappa shape index (κ1) is 8.72. The van der Waals surface area contributed by atoms with Gasteiger partial charge in [-0.05, 0) is 0 Å². The highest BCUT2D eigenvalue weighted by molar-refractivity contribution is 6.29. The molecule has 4 nitrogen and oxygen atoms in total. The molecular weight excluding hydrogens is 190 g/mol. The fourth-order valence-electron chi connectivity index (χ4n) is 1.29. The van der Waals surface area contributed by atoms with Crippen LogP contribution in [-0.2, 0) is 4.74 Å². The van der Waals surface area contributed by atoms with Crippen LogP contribution in [0.5, 0.6) is 0 Å². The fraction of sp³-hybridized carbons (Fsp3) is 0.500. The van der Waals surface area contributed by atoms with Crippen LogP contribution in [0.1, 0.15) is 0 Å². The number of halogens is 1. The Balaban J connectivity index is 2.14. The van der Waals surface area contributed by atoms with Crippen molar-refractivity contribution in [2.75, 3.05) is 31.2 Å². The summed E-state index contributed by atoms with van der Waals surface area (Å²) in [6.07, 6.45) is 1.48. The summed E-state index contributed by atoms with van der Waals surface area (Å²) >= 11 is 5.76. The van der Waals surface area contributed by atoms with Crippen molar-refractivity contribution >= 4 is 17.4 Å². The van der Waals surface area contributed by atoms with E-state index in [9.17, 15) is 0 Å². The summed E-state index contributed by atoms with van der Waals surface area (Å²) in [6, 6.07) is 1.77. The normalized spacial score (nSPS) is 17.5. The molecule has 0 unspecified atom stereocenters. The van der Waals surface area contributed by atoms with Crippen LogP contribution in [0.3, 0.4) is 0 Å². The van der Waals surface area contributed by atoms with Gasteiger partial charge in [-0.1, -0.05) is 11.6 Å². The molecule has 2 rings (SSSR count). The number of aromatic nitrogens is 2. The summed E-state index contributed by atoms with van der Waals surface area (Å²) in [5.74, 6) is 0.878. The van der Waals surface area contributed by atoms with Gasteiger partial charge in [0.25, 0.3) is 0 Å². The van der Waals surface area contributed by atoms with Crippen molar-refractivity contribution in [1.29, 1.82) is 0 Å². The van der Waals surface area contributed by atoms with Gasteiger partial charge in [-0.15, -0.1) is 0 Å². The highest BCUT2D eigenvalue weighted by Crippen LogP contribution is 2.14. The molecule has 0 aromatic carbocycles. The smallest absolute Gasteiger partial charge is 0.134 e. The maximum absolute atomic E-state index is 5.76. The molecule has 1 aliphatic heterocycles. The van der Waals surface area contributed by atoms with Gasteiger partial charge in [0.2, 0.25) is 0 Å². The van der Waals surface area contributed by atoms with Crippen LogP contribution in [0.2, 0.25) is 5.15 Å². The highest BCUT2D eigenvalue weighted by atomic mass is 35.5. The van der Waals surface area contributed by atoms with Gasteiger partial charge in [-0.3, -0.25) is 0 Å². The molecule has 0 spiro atoms. The molecule has 1 aliphatic rings. The molecule has 0 radical (unpaired) electrons. The van der Waals surface area contributed by atoms with Gasteiger partial charge in [0.15, 0.2) is 0 Å². The molecule has 0 atom stereocenters. The number of hydrogen-bond donors (Lipinski definition) is 0. The third-order valence-corrected chi connectivity index (χ3v) is 2.16. The zero-order valence-corrected chi connectivity index (χ0v) is 7.87. The highest BCUT2D eigenvalue weighted by Gasteiger charge is 2.12. The molecule has 1 aromatic rings. The number of nitrogens with zero attached hydrogens (tertiary/aromatic N) is 3. The molecule has 0 amide bonds. The van der Waals surface area contributed by atoms with Crippen molar-refractivity contribution in [3.63, 3.8) is 0 Å². The predicted molar refractivity (Wildman–Crippen MR) is 50.1 cm³/mol. The van der Waals surface area contributed by atoms with Gasteiger partial charge < -0.3 is 9.64 Å². The summed E-state index contributed by atoms with van der Waals surface area (Å²) in [7, 11) is 0. The standard InChI is InChI=1S/C8H10ClN3O/c9-7-5-8(11-6-10-7)12-1-3-13-4-2-12/h5-6H,1-4H2. The second-order valence-electron chi connectivity index (χ2n) is 2.80. The summed E-state index contributed by atoms with van der Waals surface area (Å²) in [4.78, 5) is 10.1. The lowest BCUT2D eigenvalue weighted by Gasteiger charge is -2.27. The molecule has 0 saturated carbocycles. The lowest BCUT2D eigenvalue weighted by atomic mass is 10.4. The fourth-order valence-corrected chi connectivity index (χ4v) is 1.43. The molecule has 0 aliphatic carbocycles. The molecule has 70 valence electrons. The number of hydrogen-bond acceptors (Lipinski definition) is 4. The van der Waals surface area contributed by atoms with E-state index in [1.54, 1.807) is 6.07 Å². The Labute approximate surface area is 81.5 Å². The first-order valence-corrected chi connectivity index (χ1v) is 4.54. The Morgan fingerprint density at radius 2 is 2.08 bits per heavy atom.